The van der Waals surface area contributed by atoms with Gasteiger partial charge in [0.25, 0.3) is 0 Å². The van der Waals surface area contributed by atoms with Gasteiger partial charge in [-0.15, -0.1) is 0 Å². The van der Waals surface area contributed by atoms with Crippen molar-refractivity contribution in [2.24, 2.45) is 10.9 Å². The number of ether oxygens (including phenoxy) is 1. The molecule has 0 amide bonds. The molecule has 2 aliphatic heterocycles. The van der Waals surface area contributed by atoms with E-state index in [2.05, 4.69) is 34.4 Å². The van der Waals surface area contributed by atoms with Gasteiger partial charge in [-0.3, -0.25) is 9.89 Å². The summed E-state index contributed by atoms with van der Waals surface area (Å²) in [6.45, 7) is 9.85. The second kappa shape index (κ2) is 10.2. The lowest BCUT2D eigenvalue weighted by atomic mass is 10.0. The van der Waals surface area contributed by atoms with Gasteiger partial charge in [-0.2, -0.15) is 0 Å². The highest BCUT2D eigenvalue weighted by Crippen LogP contribution is 2.26. The Bertz CT molecular complexity index is 673. The molecule has 2 saturated heterocycles. The van der Waals surface area contributed by atoms with Gasteiger partial charge in [0.05, 0.1) is 13.2 Å². The zero-order chi connectivity index (χ0) is 20.8. The SMILES string of the molecule is CN=C(NCC(C(C)C)N1CCOCC1)NC1CCN(c2c(F)cccc2F)C1. The number of halogens is 2. The number of hydrogen-bond donors (Lipinski definition) is 2. The molecule has 2 aliphatic rings. The normalized spacial score (nSPS) is 22.2. The maximum Gasteiger partial charge on any atom is 0.191 e. The first-order valence-electron chi connectivity index (χ1n) is 10.5. The van der Waals surface area contributed by atoms with Crippen LogP contribution in [-0.2, 0) is 4.74 Å². The summed E-state index contributed by atoms with van der Waals surface area (Å²) >= 11 is 0. The number of para-hydroxylation sites is 1. The number of guanidine groups is 1. The van der Waals surface area contributed by atoms with Gasteiger partial charge in [-0.1, -0.05) is 19.9 Å². The largest absolute Gasteiger partial charge is 0.379 e. The molecule has 2 fully saturated rings. The molecule has 1 aromatic rings. The van der Waals surface area contributed by atoms with Crippen molar-refractivity contribution in [2.45, 2.75) is 32.4 Å². The minimum atomic E-state index is -0.515. The number of nitrogens with zero attached hydrogens (tertiary/aromatic N) is 3. The molecule has 6 nitrogen and oxygen atoms in total. The molecule has 0 bridgehead atoms. The third kappa shape index (κ3) is 5.57. The Hall–Kier alpha value is -1.93. The van der Waals surface area contributed by atoms with Crippen molar-refractivity contribution >= 4 is 11.6 Å². The Morgan fingerprint density at radius 1 is 1.21 bits per heavy atom. The highest BCUT2D eigenvalue weighted by atomic mass is 19.1. The van der Waals surface area contributed by atoms with Crippen LogP contribution in [0.15, 0.2) is 23.2 Å². The van der Waals surface area contributed by atoms with E-state index in [-0.39, 0.29) is 11.7 Å². The van der Waals surface area contributed by atoms with Gasteiger partial charge in [0.2, 0.25) is 0 Å². The predicted molar refractivity (Wildman–Crippen MR) is 112 cm³/mol. The van der Waals surface area contributed by atoms with Gasteiger partial charge < -0.3 is 20.3 Å². The Morgan fingerprint density at radius 3 is 2.52 bits per heavy atom. The highest BCUT2D eigenvalue weighted by molar-refractivity contribution is 5.80. The lowest BCUT2D eigenvalue weighted by Gasteiger charge is -2.37. The smallest absolute Gasteiger partial charge is 0.191 e. The molecule has 29 heavy (non-hydrogen) atoms. The third-order valence-electron chi connectivity index (χ3n) is 5.77. The standard InChI is InChI=1S/C21H33F2N5O/c1-15(2)19(27-9-11-29-12-10-27)13-25-21(24-3)26-16-7-8-28(14-16)20-17(22)5-4-6-18(20)23/h4-6,15-16,19H,7-14H2,1-3H3,(H2,24,25,26). The summed E-state index contributed by atoms with van der Waals surface area (Å²) in [5.74, 6) is 0.200. The summed E-state index contributed by atoms with van der Waals surface area (Å²) < 4.78 is 33.6. The Balaban J connectivity index is 1.53. The van der Waals surface area contributed by atoms with Crippen LogP contribution in [0, 0.1) is 17.6 Å². The summed E-state index contributed by atoms with van der Waals surface area (Å²) in [7, 11) is 1.75. The van der Waals surface area contributed by atoms with Gasteiger partial charge in [0, 0.05) is 51.9 Å². The number of anilines is 1. The van der Waals surface area contributed by atoms with Crippen molar-refractivity contribution in [1.29, 1.82) is 0 Å². The van der Waals surface area contributed by atoms with Crippen LogP contribution in [0.5, 0.6) is 0 Å². The maximum absolute atomic E-state index is 14.1. The van der Waals surface area contributed by atoms with Crippen LogP contribution in [0.1, 0.15) is 20.3 Å². The van der Waals surface area contributed by atoms with Crippen molar-refractivity contribution in [2.75, 3.05) is 57.9 Å². The van der Waals surface area contributed by atoms with Crippen molar-refractivity contribution in [3.05, 3.63) is 29.8 Å². The van der Waals surface area contributed by atoms with Crippen molar-refractivity contribution in [3.8, 4) is 0 Å². The quantitative estimate of drug-likeness (QED) is 0.557. The van der Waals surface area contributed by atoms with Crippen LogP contribution in [0.2, 0.25) is 0 Å². The fourth-order valence-electron chi connectivity index (χ4n) is 4.16. The Morgan fingerprint density at radius 2 is 1.90 bits per heavy atom. The van der Waals surface area contributed by atoms with Crippen LogP contribution < -0.4 is 15.5 Å². The van der Waals surface area contributed by atoms with E-state index >= 15 is 0 Å². The summed E-state index contributed by atoms with van der Waals surface area (Å²) in [5, 5.41) is 6.85. The molecule has 0 spiro atoms. The zero-order valence-corrected chi connectivity index (χ0v) is 17.6. The lowest BCUT2D eigenvalue weighted by molar-refractivity contribution is 0.00751. The molecule has 2 atom stereocenters. The zero-order valence-electron chi connectivity index (χ0n) is 17.6. The average Bonchev–Trinajstić information content (AvgIpc) is 3.15. The van der Waals surface area contributed by atoms with Gasteiger partial charge in [0.15, 0.2) is 5.96 Å². The Kier molecular flexibility index (Phi) is 7.66. The summed E-state index contributed by atoms with van der Waals surface area (Å²) in [4.78, 5) is 8.57. The van der Waals surface area contributed by atoms with Gasteiger partial charge >= 0.3 is 0 Å². The maximum atomic E-state index is 14.1. The lowest BCUT2D eigenvalue weighted by Crippen LogP contribution is -2.53. The van der Waals surface area contributed by atoms with Gasteiger partial charge in [-0.25, -0.2) is 8.78 Å². The monoisotopic (exact) mass is 409 g/mol. The minimum absolute atomic E-state index is 0.0620. The molecular formula is C21H33F2N5O. The van der Waals surface area contributed by atoms with Crippen LogP contribution in [0.25, 0.3) is 0 Å². The van der Waals surface area contributed by atoms with Gasteiger partial charge in [-0.05, 0) is 24.5 Å². The molecule has 8 heteroatoms. The van der Waals surface area contributed by atoms with E-state index in [9.17, 15) is 8.78 Å². The van der Waals surface area contributed by atoms with E-state index in [1.807, 2.05) is 0 Å². The molecular weight excluding hydrogens is 376 g/mol. The molecule has 0 aliphatic carbocycles. The van der Waals surface area contributed by atoms with Crippen molar-refractivity contribution in [1.82, 2.24) is 15.5 Å². The topological polar surface area (TPSA) is 52.1 Å². The Labute approximate surface area is 172 Å². The third-order valence-corrected chi connectivity index (χ3v) is 5.77. The number of rotatable bonds is 6. The predicted octanol–water partition coefficient (Wildman–Crippen LogP) is 2.07. The van der Waals surface area contributed by atoms with E-state index in [4.69, 9.17) is 4.74 Å². The molecule has 2 N–H and O–H groups in total. The van der Waals surface area contributed by atoms with E-state index in [1.165, 1.54) is 18.2 Å². The molecule has 0 radical (unpaired) electrons. The fourth-order valence-corrected chi connectivity index (χ4v) is 4.16. The van der Waals surface area contributed by atoms with E-state index in [0.717, 1.165) is 45.2 Å². The molecule has 2 heterocycles. The number of morpholine rings is 1. The van der Waals surface area contributed by atoms with Crippen LogP contribution in [0.3, 0.4) is 0 Å². The van der Waals surface area contributed by atoms with E-state index < -0.39 is 11.6 Å². The first kappa shape index (κ1) is 21.8. The van der Waals surface area contributed by atoms with Crippen LogP contribution >= 0.6 is 0 Å². The molecule has 1 aromatic carbocycles. The van der Waals surface area contributed by atoms with Crippen molar-refractivity contribution < 1.29 is 13.5 Å². The highest BCUT2D eigenvalue weighted by Gasteiger charge is 2.28. The molecule has 0 aromatic heterocycles. The molecule has 2 unspecified atom stereocenters. The van der Waals surface area contributed by atoms with Crippen LogP contribution in [-0.4, -0.2) is 75.9 Å². The molecule has 0 saturated carbocycles. The number of benzene rings is 1. The van der Waals surface area contributed by atoms with Gasteiger partial charge in [0.1, 0.15) is 17.3 Å². The first-order chi connectivity index (χ1) is 14.0. The van der Waals surface area contributed by atoms with E-state index in [1.54, 1.807) is 11.9 Å². The average molecular weight is 410 g/mol. The second-order valence-electron chi connectivity index (χ2n) is 8.06. The first-order valence-corrected chi connectivity index (χ1v) is 10.5. The fraction of sp³-hybridized carbons (Fsp3) is 0.667. The minimum Gasteiger partial charge on any atom is -0.379 e. The summed E-state index contributed by atoms with van der Waals surface area (Å²) in [6.07, 6.45) is 0.797. The number of hydrogen-bond acceptors (Lipinski definition) is 4. The number of nitrogens with one attached hydrogen (secondary N) is 2. The molecule has 3 rings (SSSR count). The molecule has 162 valence electrons. The summed E-state index contributed by atoms with van der Waals surface area (Å²) in [5.41, 5.74) is 0.0620. The van der Waals surface area contributed by atoms with E-state index in [0.29, 0.717) is 25.0 Å². The second-order valence-corrected chi connectivity index (χ2v) is 8.06. The van der Waals surface area contributed by atoms with Crippen LogP contribution in [0.4, 0.5) is 14.5 Å². The summed E-state index contributed by atoms with van der Waals surface area (Å²) in [6, 6.07) is 4.48. The van der Waals surface area contributed by atoms with Crippen molar-refractivity contribution in [3.63, 3.8) is 0 Å². The number of aliphatic imine (C=N–C) groups is 1.